The van der Waals surface area contributed by atoms with Gasteiger partial charge in [0, 0.05) is 10.7 Å². The summed E-state index contributed by atoms with van der Waals surface area (Å²) in [5.41, 5.74) is 5.36. The lowest BCUT2D eigenvalue weighted by Gasteiger charge is -2.13. The van der Waals surface area contributed by atoms with Gasteiger partial charge in [0.2, 0.25) is 0 Å². The molecule has 0 aromatic heterocycles. The number of fused-ring (bicyclic) bond motifs is 1. The molecule has 0 aliphatic rings. The zero-order valence-corrected chi connectivity index (χ0v) is 23.0. The van der Waals surface area contributed by atoms with Gasteiger partial charge in [-0.2, -0.15) is 5.10 Å². The van der Waals surface area contributed by atoms with Gasteiger partial charge >= 0.3 is 0 Å². The van der Waals surface area contributed by atoms with Gasteiger partial charge in [0.15, 0.2) is 0 Å². The molecule has 4 aromatic rings. The van der Waals surface area contributed by atoms with Crippen LogP contribution in [0.5, 0.6) is 5.75 Å². The molecule has 0 aliphatic heterocycles. The van der Waals surface area contributed by atoms with Crippen LogP contribution in [0.3, 0.4) is 0 Å². The van der Waals surface area contributed by atoms with E-state index >= 15 is 0 Å². The van der Waals surface area contributed by atoms with Crippen LogP contribution >= 0.6 is 56.8 Å². The van der Waals surface area contributed by atoms with E-state index in [-0.39, 0.29) is 12.5 Å². The summed E-state index contributed by atoms with van der Waals surface area (Å²) in [7, 11) is 0. The van der Waals surface area contributed by atoms with Crippen molar-refractivity contribution in [3.05, 3.63) is 102 Å². The molecule has 2 N–H and O–H groups in total. The van der Waals surface area contributed by atoms with Crippen molar-refractivity contribution in [3.8, 4) is 5.75 Å². The molecule has 4 rings (SSSR count). The maximum atomic E-state index is 12.0. The molecule has 34 heavy (non-hydrogen) atoms. The Morgan fingerprint density at radius 1 is 0.971 bits per heavy atom. The van der Waals surface area contributed by atoms with Gasteiger partial charge in [-0.3, -0.25) is 4.79 Å². The summed E-state index contributed by atoms with van der Waals surface area (Å²) >= 11 is 10.4. The largest absolute Gasteiger partial charge is 0.487 e. The fourth-order valence-electron chi connectivity index (χ4n) is 3.33. The van der Waals surface area contributed by atoms with E-state index in [4.69, 9.17) is 16.3 Å². The first-order valence-electron chi connectivity index (χ1n) is 10.4. The summed E-state index contributed by atoms with van der Waals surface area (Å²) in [6.07, 6.45) is 1.62. The molecule has 5 nitrogen and oxygen atoms in total. The van der Waals surface area contributed by atoms with Crippen molar-refractivity contribution in [2.45, 2.75) is 6.61 Å². The number of rotatable bonds is 8. The Kier molecular flexibility index (Phi) is 8.63. The van der Waals surface area contributed by atoms with Crippen molar-refractivity contribution in [1.29, 1.82) is 0 Å². The average Bonchev–Trinajstić information content (AvgIpc) is 2.83. The first-order chi connectivity index (χ1) is 16.5. The molecule has 0 saturated heterocycles. The van der Waals surface area contributed by atoms with Crippen LogP contribution in [0, 0.1) is 7.14 Å². The highest BCUT2D eigenvalue weighted by molar-refractivity contribution is 14.1. The van der Waals surface area contributed by atoms with Crippen LogP contribution in [-0.4, -0.2) is 18.7 Å². The molecule has 8 heteroatoms. The van der Waals surface area contributed by atoms with Gasteiger partial charge in [-0.05, 0) is 103 Å². The topological polar surface area (TPSA) is 62.7 Å². The number of hydrazone groups is 1. The highest BCUT2D eigenvalue weighted by Crippen LogP contribution is 2.30. The smallest absolute Gasteiger partial charge is 0.259 e. The van der Waals surface area contributed by atoms with Crippen molar-refractivity contribution in [2.24, 2.45) is 5.10 Å². The lowest BCUT2D eigenvalue weighted by molar-refractivity contribution is -0.119. The van der Waals surface area contributed by atoms with E-state index in [2.05, 4.69) is 91.4 Å². The number of hydrogen-bond donors (Lipinski definition) is 2. The van der Waals surface area contributed by atoms with Crippen LogP contribution in [0.25, 0.3) is 10.8 Å². The standard InChI is InChI=1S/C26H20ClI2N3O2/c27-20-8-10-21(11-9-20)30-15-25(33)32-31-14-17-12-23(28)26(24(29)13-17)34-16-19-6-3-5-18-4-1-2-7-22(18)19/h1-14,30H,15-16H2,(H,32,33)/b31-14-. The molecule has 0 saturated carbocycles. The molecule has 1 amide bonds. The molecule has 172 valence electrons. The molecule has 0 unspecified atom stereocenters. The number of amides is 1. The number of carbonyl (C=O) groups is 1. The average molecular weight is 696 g/mol. The van der Waals surface area contributed by atoms with Gasteiger partial charge in [-0.15, -0.1) is 0 Å². The van der Waals surface area contributed by atoms with E-state index < -0.39 is 0 Å². The van der Waals surface area contributed by atoms with Gasteiger partial charge < -0.3 is 10.1 Å². The second-order valence-electron chi connectivity index (χ2n) is 7.39. The minimum absolute atomic E-state index is 0.106. The second-order valence-corrected chi connectivity index (χ2v) is 10.2. The van der Waals surface area contributed by atoms with Crippen molar-refractivity contribution in [1.82, 2.24) is 5.43 Å². The van der Waals surface area contributed by atoms with Crippen LogP contribution < -0.4 is 15.5 Å². The number of benzene rings is 4. The fraction of sp³-hybridized carbons (Fsp3) is 0.0769. The first kappa shape index (κ1) is 24.7. The summed E-state index contributed by atoms with van der Waals surface area (Å²) in [5.74, 6) is 0.591. The van der Waals surface area contributed by atoms with Crippen molar-refractivity contribution >= 4 is 85.4 Å². The minimum Gasteiger partial charge on any atom is -0.487 e. The zero-order chi connectivity index (χ0) is 23.9. The Morgan fingerprint density at radius 2 is 1.68 bits per heavy atom. The highest BCUT2D eigenvalue weighted by atomic mass is 127. The van der Waals surface area contributed by atoms with E-state index in [1.165, 1.54) is 10.8 Å². The molecular weight excluding hydrogens is 676 g/mol. The summed E-state index contributed by atoms with van der Waals surface area (Å²) in [6, 6.07) is 25.6. The van der Waals surface area contributed by atoms with E-state index in [0.29, 0.717) is 11.6 Å². The molecule has 0 aliphatic carbocycles. The third kappa shape index (κ3) is 6.61. The Balaban J connectivity index is 1.34. The number of nitrogens with zero attached hydrogens (tertiary/aromatic N) is 1. The minimum atomic E-state index is -0.245. The third-order valence-corrected chi connectivity index (χ3v) is 6.83. The van der Waals surface area contributed by atoms with Gasteiger partial charge in [0.1, 0.15) is 12.4 Å². The molecule has 0 heterocycles. The number of hydrogen-bond acceptors (Lipinski definition) is 4. The molecular formula is C26H20ClI2N3O2. The van der Waals surface area contributed by atoms with Gasteiger partial charge in [0.05, 0.1) is 19.9 Å². The van der Waals surface area contributed by atoms with Crippen molar-refractivity contribution < 1.29 is 9.53 Å². The first-order valence-corrected chi connectivity index (χ1v) is 12.9. The number of carbonyl (C=O) groups excluding carboxylic acids is 1. The van der Waals surface area contributed by atoms with E-state index in [1.807, 2.05) is 36.4 Å². The molecule has 0 fully saturated rings. The van der Waals surface area contributed by atoms with Crippen LogP contribution in [0.15, 0.2) is 84.0 Å². The molecule has 0 spiro atoms. The van der Waals surface area contributed by atoms with Crippen LogP contribution in [-0.2, 0) is 11.4 Å². The quantitative estimate of drug-likeness (QED) is 0.121. The summed E-state index contributed by atoms with van der Waals surface area (Å²) < 4.78 is 8.14. The number of nitrogens with one attached hydrogen (secondary N) is 2. The predicted octanol–water partition coefficient (Wildman–Crippen LogP) is 6.84. The van der Waals surface area contributed by atoms with E-state index in [1.54, 1.807) is 18.3 Å². The molecule has 0 bridgehead atoms. The summed E-state index contributed by atoms with van der Waals surface area (Å²) in [6.45, 7) is 0.590. The maximum absolute atomic E-state index is 12.0. The lowest BCUT2D eigenvalue weighted by Crippen LogP contribution is -2.25. The Labute approximate surface area is 230 Å². The zero-order valence-electron chi connectivity index (χ0n) is 17.9. The van der Waals surface area contributed by atoms with Crippen molar-refractivity contribution in [2.75, 3.05) is 11.9 Å². The van der Waals surface area contributed by atoms with Gasteiger partial charge in [-0.1, -0.05) is 54.1 Å². The Bertz CT molecular complexity index is 1320. The molecule has 0 atom stereocenters. The predicted molar refractivity (Wildman–Crippen MR) is 156 cm³/mol. The van der Waals surface area contributed by atoms with Crippen molar-refractivity contribution in [3.63, 3.8) is 0 Å². The van der Waals surface area contributed by atoms with E-state index in [0.717, 1.165) is 29.7 Å². The van der Waals surface area contributed by atoms with E-state index in [9.17, 15) is 4.79 Å². The molecule has 4 aromatic carbocycles. The monoisotopic (exact) mass is 695 g/mol. The number of ether oxygens (including phenoxy) is 1. The third-order valence-electron chi connectivity index (χ3n) is 4.97. The maximum Gasteiger partial charge on any atom is 0.259 e. The molecule has 0 radical (unpaired) electrons. The van der Waals surface area contributed by atoms with Crippen LogP contribution in [0.4, 0.5) is 5.69 Å². The number of anilines is 1. The summed E-state index contributed by atoms with van der Waals surface area (Å²) in [5, 5.41) is 10.1. The van der Waals surface area contributed by atoms with Gasteiger partial charge in [-0.25, -0.2) is 5.43 Å². The normalized spacial score (nSPS) is 11.0. The second kappa shape index (κ2) is 11.9. The lowest BCUT2D eigenvalue weighted by atomic mass is 10.1. The van der Waals surface area contributed by atoms with Crippen LogP contribution in [0.2, 0.25) is 5.02 Å². The number of halogens is 3. The Hall–Kier alpha value is -2.37. The fourth-order valence-corrected chi connectivity index (χ4v) is 5.58. The summed E-state index contributed by atoms with van der Waals surface area (Å²) in [4.78, 5) is 12.0. The van der Waals surface area contributed by atoms with Crippen LogP contribution in [0.1, 0.15) is 11.1 Å². The Morgan fingerprint density at radius 3 is 2.44 bits per heavy atom. The highest BCUT2D eigenvalue weighted by Gasteiger charge is 2.10. The van der Waals surface area contributed by atoms with Gasteiger partial charge in [0.25, 0.3) is 5.91 Å². The SMILES string of the molecule is O=C(CNc1ccc(Cl)cc1)N/N=C\c1cc(I)c(OCc2cccc3ccccc23)c(I)c1.